The highest BCUT2D eigenvalue weighted by Gasteiger charge is 2.30. The topological polar surface area (TPSA) is 86.7 Å². The summed E-state index contributed by atoms with van der Waals surface area (Å²) in [6, 6.07) is 1.99. The molecule has 6 nitrogen and oxygen atoms in total. The molecule has 0 unspecified atom stereocenters. The number of carbonyl (C=O) groups excluding carboxylic acids is 2. The number of piperidine rings is 1. The Hall–Kier alpha value is -2.51. The lowest BCUT2D eigenvalue weighted by atomic mass is 9.96. The highest BCUT2D eigenvalue weighted by molar-refractivity contribution is 5.80. The van der Waals surface area contributed by atoms with E-state index in [2.05, 4.69) is 5.32 Å². The number of rotatable bonds is 5. The molecule has 1 saturated heterocycles. The summed E-state index contributed by atoms with van der Waals surface area (Å²) in [5.74, 6) is -4.03. The number of amides is 2. The van der Waals surface area contributed by atoms with E-state index in [9.17, 15) is 23.2 Å². The molecule has 0 saturated carbocycles. The van der Waals surface area contributed by atoms with Gasteiger partial charge in [-0.15, -0.1) is 0 Å². The van der Waals surface area contributed by atoms with Gasteiger partial charge in [-0.25, -0.2) is 8.78 Å². The molecule has 136 valence electrons. The number of nitrogens with zero attached hydrogens (tertiary/aromatic N) is 1. The van der Waals surface area contributed by atoms with Crippen LogP contribution in [0.2, 0.25) is 0 Å². The highest BCUT2D eigenvalue weighted by Crippen LogP contribution is 2.24. The molecule has 0 aliphatic carbocycles. The van der Waals surface area contributed by atoms with E-state index in [1.807, 2.05) is 0 Å². The summed E-state index contributed by atoms with van der Waals surface area (Å²) < 4.78 is 27.1. The third-order valence-electron chi connectivity index (χ3n) is 4.22. The zero-order chi connectivity index (χ0) is 18.6. The summed E-state index contributed by atoms with van der Waals surface area (Å²) in [7, 11) is 0. The minimum Gasteiger partial charge on any atom is -0.481 e. The summed E-state index contributed by atoms with van der Waals surface area (Å²) in [5, 5.41) is 11.6. The SMILES string of the molecule is CC(=O)N[C@@H](CC(=O)N1CCC[C@H](C(=O)O)C1)c1ccc(F)cc1F. The first kappa shape index (κ1) is 18.8. The molecule has 0 aromatic heterocycles. The standard InChI is InChI=1S/C17H20F2N2O4/c1-10(22)20-15(13-5-4-12(18)7-14(13)19)8-16(23)21-6-2-3-11(9-21)17(24)25/h4-5,7,11,15H,2-3,6,8-9H2,1H3,(H,20,22)(H,24,25)/t11-,15-/m0/s1. The summed E-state index contributed by atoms with van der Waals surface area (Å²) in [6.07, 6.45) is 0.841. The van der Waals surface area contributed by atoms with Crippen molar-refractivity contribution in [2.45, 2.75) is 32.2 Å². The average molecular weight is 354 g/mol. The molecule has 2 atom stereocenters. The molecule has 8 heteroatoms. The number of carbonyl (C=O) groups is 3. The Bertz CT molecular complexity index is 681. The van der Waals surface area contributed by atoms with E-state index < -0.39 is 35.5 Å². The molecular weight excluding hydrogens is 334 g/mol. The fraction of sp³-hybridized carbons (Fsp3) is 0.471. The van der Waals surface area contributed by atoms with Gasteiger partial charge in [0.2, 0.25) is 11.8 Å². The van der Waals surface area contributed by atoms with Gasteiger partial charge in [-0.1, -0.05) is 6.07 Å². The first-order chi connectivity index (χ1) is 11.8. The molecule has 2 rings (SSSR count). The first-order valence-corrected chi connectivity index (χ1v) is 8.00. The van der Waals surface area contributed by atoms with Crippen LogP contribution >= 0.6 is 0 Å². The molecule has 0 spiro atoms. The van der Waals surface area contributed by atoms with Gasteiger partial charge in [0.15, 0.2) is 0 Å². The van der Waals surface area contributed by atoms with Crippen LogP contribution in [0.3, 0.4) is 0 Å². The number of benzene rings is 1. The molecule has 1 aliphatic heterocycles. The fourth-order valence-electron chi connectivity index (χ4n) is 2.98. The van der Waals surface area contributed by atoms with Gasteiger partial charge in [0.05, 0.1) is 18.4 Å². The lowest BCUT2D eigenvalue weighted by Gasteiger charge is -2.32. The van der Waals surface area contributed by atoms with Gasteiger partial charge in [-0.05, 0) is 18.9 Å². The van der Waals surface area contributed by atoms with Crippen LogP contribution in [-0.4, -0.2) is 40.9 Å². The second-order valence-electron chi connectivity index (χ2n) is 6.14. The Morgan fingerprint density at radius 2 is 2.08 bits per heavy atom. The second kappa shape index (κ2) is 8.04. The van der Waals surface area contributed by atoms with Crippen molar-refractivity contribution in [1.29, 1.82) is 0 Å². The van der Waals surface area contributed by atoms with E-state index in [0.29, 0.717) is 25.5 Å². The summed E-state index contributed by atoms with van der Waals surface area (Å²) in [4.78, 5) is 36.4. The summed E-state index contributed by atoms with van der Waals surface area (Å²) in [5.41, 5.74) is 0.0109. The fourth-order valence-corrected chi connectivity index (χ4v) is 2.98. The molecule has 1 aromatic rings. The summed E-state index contributed by atoms with van der Waals surface area (Å²) >= 11 is 0. The van der Waals surface area contributed by atoms with E-state index in [0.717, 1.165) is 6.07 Å². The number of aliphatic carboxylic acids is 1. The van der Waals surface area contributed by atoms with Crippen molar-refractivity contribution in [3.63, 3.8) is 0 Å². The number of nitrogens with one attached hydrogen (secondary N) is 1. The second-order valence-corrected chi connectivity index (χ2v) is 6.14. The molecular formula is C17H20F2N2O4. The smallest absolute Gasteiger partial charge is 0.308 e. The monoisotopic (exact) mass is 354 g/mol. The maximum atomic E-state index is 14.0. The van der Waals surface area contributed by atoms with Crippen LogP contribution in [0.5, 0.6) is 0 Å². The number of likely N-dealkylation sites (tertiary alicyclic amines) is 1. The Balaban J connectivity index is 2.14. The van der Waals surface area contributed by atoms with Crippen LogP contribution in [0.25, 0.3) is 0 Å². The normalized spacial score (nSPS) is 18.5. The van der Waals surface area contributed by atoms with E-state index in [1.165, 1.54) is 17.9 Å². The van der Waals surface area contributed by atoms with Crippen LogP contribution in [0.15, 0.2) is 18.2 Å². The van der Waals surface area contributed by atoms with Gasteiger partial charge in [0.1, 0.15) is 11.6 Å². The van der Waals surface area contributed by atoms with Gasteiger partial charge in [-0.3, -0.25) is 14.4 Å². The van der Waals surface area contributed by atoms with Crippen LogP contribution in [-0.2, 0) is 14.4 Å². The van der Waals surface area contributed by atoms with Gasteiger partial charge in [0.25, 0.3) is 0 Å². The Labute approximate surface area is 143 Å². The molecule has 0 radical (unpaired) electrons. The maximum Gasteiger partial charge on any atom is 0.308 e. The average Bonchev–Trinajstić information content (AvgIpc) is 2.54. The lowest BCUT2D eigenvalue weighted by Crippen LogP contribution is -2.43. The lowest BCUT2D eigenvalue weighted by molar-refractivity contribution is -0.145. The zero-order valence-electron chi connectivity index (χ0n) is 13.8. The molecule has 1 aliphatic rings. The van der Waals surface area contributed by atoms with Crippen molar-refractivity contribution in [1.82, 2.24) is 10.2 Å². The quantitative estimate of drug-likeness (QED) is 0.845. The highest BCUT2D eigenvalue weighted by atomic mass is 19.1. The molecule has 2 amide bonds. The third-order valence-corrected chi connectivity index (χ3v) is 4.22. The van der Waals surface area contributed by atoms with Crippen LogP contribution < -0.4 is 5.32 Å². The number of hydrogen-bond acceptors (Lipinski definition) is 3. The van der Waals surface area contributed by atoms with Crippen LogP contribution in [0.4, 0.5) is 8.78 Å². The van der Waals surface area contributed by atoms with Crippen molar-refractivity contribution in [2.24, 2.45) is 5.92 Å². The van der Waals surface area contributed by atoms with Crippen molar-refractivity contribution >= 4 is 17.8 Å². The maximum absolute atomic E-state index is 14.0. The molecule has 2 N–H and O–H groups in total. The first-order valence-electron chi connectivity index (χ1n) is 8.00. The van der Waals surface area contributed by atoms with Crippen LogP contribution in [0.1, 0.15) is 37.8 Å². The molecule has 1 heterocycles. The molecule has 0 bridgehead atoms. The molecule has 1 fully saturated rings. The van der Waals surface area contributed by atoms with Gasteiger partial charge in [-0.2, -0.15) is 0 Å². The predicted molar refractivity (Wildman–Crippen MR) is 84.5 cm³/mol. The Morgan fingerprint density at radius 3 is 2.68 bits per heavy atom. The number of carboxylic acid groups (broad SMARTS) is 1. The molecule has 1 aromatic carbocycles. The predicted octanol–water partition coefficient (Wildman–Crippen LogP) is 1.86. The minimum atomic E-state index is -0.958. The van der Waals surface area contributed by atoms with E-state index in [1.54, 1.807) is 0 Å². The van der Waals surface area contributed by atoms with Crippen LogP contribution in [0, 0.1) is 17.6 Å². The number of halogens is 2. The van der Waals surface area contributed by atoms with E-state index in [4.69, 9.17) is 5.11 Å². The largest absolute Gasteiger partial charge is 0.481 e. The molecule has 25 heavy (non-hydrogen) atoms. The summed E-state index contributed by atoms with van der Waals surface area (Å²) in [6.45, 7) is 1.74. The zero-order valence-corrected chi connectivity index (χ0v) is 13.8. The van der Waals surface area contributed by atoms with E-state index in [-0.39, 0.29) is 24.4 Å². The van der Waals surface area contributed by atoms with Gasteiger partial charge in [0, 0.05) is 31.6 Å². The Morgan fingerprint density at radius 1 is 1.36 bits per heavy atom. The number of hydrogen-bond donors (Lipinski definition) is 2. The Kier molecular flexibility index (Phi) is 6.06. The van der Waals surface area contributed by atoms with Crippen molar-refractivity contribution in [3.8, 4) is 0 Å². The van der Waals surface area contributed by atoms with Gasteiger partial charge < -0.3 is 15.3 Å². The van der Waals surface area contributed by atoms with Gasteiger partial charge >= 0.3 is 5.97 Å². The van der Waals surface area contributed by atoms with E-state index >= 15 is 0 Å². The van der Waals surface area contributed by atoms with Crippen molar-refractivity contribution < 1.29 is 28.3 Å². The number of carboxylic acids is 1. The minimum absolute atomic E-state index is 0.0109. The van der Waals surface area contributed by atoms with Crippen molar-refractivity contribution in [3.05, 3.63) is 35.4 Å². The third kappa shape index (κ3) is 4.98. The van der Waals surface area contributed by atoms with Crippen molar-refractivity contribution in [2.75, 3.05) is 13.1 Å².